The van der Waals surface area contributed by atoms with Crippen molar-refractivity contribution in [2.24, 2.45) is 4.99 Å². The summed E-state index contributed by atoms with van der Waals surface area (Å²) in [5.41, 5.74) is 2.66. The number of aliphatic imine (C=N–C) groups is 1. The molecular formula is C27H24FN9O2. The molecule has 0 unspecified atom stereocenters. The maximum atomic E-state index is 14.3. The molecule has 5 heterocycles. The minimum atomic E-state index is -1.67. The molecule has 3 N–H and O–H groups in total. The predicted molar refractivity (Wildman–Crippen MR) is 143 cm³/mol. The summed E-state index contributed by atoms with van der Waals surface area (Å²) in [4.78, 5) is 30.5. The fourth-order valence-electron chi connectivity index (χ4n) is 3.87. The third kappa shape index (κ3) is 5.48. The van der Waals surface area contributed by atoms with Crippen molar-refractivity contribution < 1.29 is 14.3 Å². The number of amides is 1. The zero-order valence-corrected chi connectivity index (χ0v) is 21.1. The van der Waals surface area contributed by atoms with Gasteiger partial charge >= 0.3 is 0 Å². The van der Waals surface area contributed by atoms with E-state index >= 15 is 0 Å². The monoisotopic (exact) mass is 525 g/mol. The van der Waals surface area contributed by atoms with E-state index in [0.29, 0.717) is 46.2 Å². The van der Waals surface area contributed by atoms with Crippen LogP contribution in [0.3, 0.4) is 0 Å². The van der Waals surface area contributed by atoms with Gasteiger partial charge in [-0.3, -0.25) is 19.8 Å². The van der Waals surface area contributed by atoms with Crippen LogP contribution in [0.2, 0.25) is 0 Å². The molecule has 0 aromatic carbocycles. The van der Waals surface area contributed by atoms with E-state index in [2.05, 4.69) is 41.7 Å². The van der Waals surface area contributed by atoms with Gasteiger partial charge in [0, 0.05) is 18.0 Å². The SMILES string of the molecule is CC(C)(O)[C@H](F)CNC(=O)c1cnc(-c2ccc3cc(C#N)cnn23)cc1Nc1cnc(C2=CCN=C2)cn1. The Morgan fingerprint density at radius 2 is 2.00 bits per heavy atom. The second-order valence-corrected chi connectivity index (χ2v) is 9.42. The van der Waals surface area contributed by atoms with Crippen LogP contribution in [0.15, 0.2) is 60.1 Å². The molecule has 12 heteroatoms. The van der Waals surface area contributed by atoms with Gasteiger partial charge in [0.1, 0.15) is 18.1 Å². The van der Waals surface area contributed by atoms with Crippen LogP contribution in [0.5, 0.6) is 0 Å². The Labute approximate surface area is 222 Å². The Balaban J connectivity index is 1.48. The van der Waals surface area contributed by atoms with E-state index in [1.807, 2.05) is 12.1 Å². The number of carbonyl (C=O) groups excluding carboxylic acids is 1. The summed E-state index contributed by atoms with van der Waals surface area (Å²) < 4.78 is 15.9. The normalized spacial score (nSPS) is 13.7. The van der Waals surface area contributed by atoms with E-state index < -0.39 is 17.7 Å². The Bertz CT molecular complexity index is 1650. The summed E-state index contributed by atoms with van der Waals surface area (Å²) in [6.07, 6.45) is 7.96. The molecule has 196 valence electrons. The molecule has 0 saturated heterocycles. The van der Waals surface area contributed by atoms with Crippen LogP contribution in [0.4, 0.5) is 15.9 Å². The highest BCUT2D eigenvalue weighted by Crippen LogP contribution is 2.27. The average molecular weight is 526 g/mol. The lowest BCUT2D eigenvalue weighted by molar-refractivity contribution is -0.00177. The van der Waals surface area contributed by atoms with Crippen LogP contribution in [-0.2, 0) is 0 Å². The van der Waals surface area contributed by atoms with E-state index in [4.69, 9.17) is 5.26 Å². The van der Waals surface area contributed by atoms with Crippen LogP contribution in [-0.4, -0.2) is 66.7 Å². The number of rotatable bonds is 8. The van der Waals surface area contributed by atoms with E-state index in [-0.39, 0.29) is 12.1 Å². The second-order valence-electron chi connectivity index (χ2n) is 9.42. The van der Waals surface area contributed by atoms with Gasteiger partial charge in [-0.05, 0) is 38.1 Å². The number of alkyl halides is 1. The van der Waals surface area contributed by atoms with Crippen molar-refractivity contribution in [1.29, 1.82) is 5.26 Å². The maximum absolute atomic E-state index is 14.3. The molecule has 1 aliphatic rings. The van der Waals surface area contributed by atoms with E-state index in [9.17, 15) is 14.3 Å². The standard InChI is InChI=1S/C27H24FN9O2/c1-27(2,39)24(28)14-34-26(38)19-12-31-21(23-4-3-18-7-16(9-29)10-35-37(18)23)8-20(19)36-25-15-32-22(13-33-25)17-5-6-30-11-17/h3-5,7-8,10-13,15,24,39H,6,14H2,1-2H3,(H,34,38)(H,31,33,36)/t24-/m1/s1. The van der Waals surface area contributed by atoms with Crippen LogP contribution in [0.1, 0.15) is 35.5 Å². The van der Waals surface area contributed by atoms with E-state index in [0.717, 1.165) is 5.57 Å². The highest BCUT2D eigenvalue weighted by Gasteiger charge is 2.27. The number of aliphatic hydroxyl groups is 1. The number of nitrogens with one attached hydrogen (secondary N) is 2. The highest BCUT2D eigenvalue weighted by atomic mass is 19.1. The summed E-state index contributed by atoms with van der Waals surface area (Å²) in [7, 11) is 0. The number of pyridine rings is 1. The first kappa shape index (κ1) is 25.6. The molecule has 39 heavy (non-hydrogen) atoms. The van der Waals surface area contributed by atoms with Gasteiger partial charge in [-0.2, -0.15) is 10.4 Å². The highest BCUT2D eigenvalue weighted by molar-refractivity contribution is 6.10. The van der Waals surface area contributed by atoms with Crippen molar-refractivity contribution in [2.75, 3.05) is 18.4 Å². The number of halogens is 1. The van der Waals surface area contributed by atoms with Gasteiger partial charge in [0.25, 0.3) is 5.91 Å². The van der Waals surface area contributed by atoms with Crippen molar-refractivity contribution in [2.45, 2.75) is 25.6 Å². The van der Waals surface area contributed by atoms with Crippen molar-refractivity contribution in [3.05, 3.63) is 71.9 Å². The molecule has 0 spiro atoms. The van der Waals surface area contributed by atoms with Crippen LogP contribution >= 0.6 is 0 Å². The van der Waals surface area contributed by atoms with Crippen molar-refractivity contribution in [3.8, 4) is 17.5 Å². The molecule has 11 nitrogen and oxygen atoms in total. The Morgan fingerprint density at radius 1 is 1.18 bits per heavy atom. The molecule has 1 atom stereocenters. The minimum Gasteiger partial charge on any atom is -0.387 e. The topological polar surface area (TPSA) is 153 Å². The van der Waals surface area contributed by atoms with Crippen molar-refractivity contribution in [3.63, 3.8) is 0 Å². The fourth-order valence-corrected chi connectivity index (χ4v) is 3.87. The van der Waals surface area contributed by atoms with Gasteiger partial charge in [0.2, 0.25) is 0 Å². The molecule has 4 aromatic heterocycles. The van der Waals surface area contributed by atoms with Crippen molar-refractivity contribution in [1.82, 2.24) is 29.9 Å². The number of aromatic nitrogens is 5. The molecule has 1 amide bonds. The van der Waals surface area contributed by atoms with Crippen LogP contribution in [0.25, 0.3) is 22.5 Å². The lowest BCUT2D eigenvalue weighted by Crippen LogP contribution is -2.42. The number of carbonyl (C=O) groups is 1. The average Bonchev–Trinajstić information content (AvgIpc) is 3.61. The molecule has 5 rings (SSSR count). The van der Waals surface area contributed by atoms with Crippen molar-refractivity contribution >= 4 is 34.7 Å². The van der Waals surface area contributed by atoms with Crippen LogP contribution in [0, 0.1) is 11.3 Å². The van der Waals surface area contributed by atoms with Gasteiger partial charge < -0.3 is 15.7 Å². The molecule has 0 radical (unpaired) electrons. The largest absolute Gasteiger partial charge is 0.387 e. The van der Waals surface area contributed by atoms with Gasteiger partial charge in [0.15, 0.2) is 0 Å². The Kier molecular flexibility index (Phi) is 6.83. The first-order chi connectivity index (χ1) is 18.7. The molecule has 0 fully saturated rings. The molecule has 0 bridgehead atoms. The number of hydrogen-bond acceptors (Lipinski definition) is 9. The first-order valence-electron chi connectivity index (χ1n) is 12.1. The second kappa shape index (κ2) is 10.4. The number of fused-ring (bicyclic) bond motifs is 1. The molecule has 4 aromatic rings. The summed E-state index contributed by atoms with van der Waals surface area (Å²) in [5, 5.41) is 29.0. The zero-order chi connectivity index (χ0) is 27.6. The number of anilines is 2. The summed E-state index contributed by atoms with van der Waals surface area (Å²) in [6, 6.07) is 9.03. The molecular weight excluding hydrogens is 501 g/mol. The predicted octanol–water partition coefficient (Wildman–Crippen LogP) is 3.11. The summed E-state index contributed by atoms with van der Waals surface area (Å²) >= 11 is 0. The third-order valence-corrected chi connectivity index (χ3v) is 6.11. The zero-order valence-electron chi connectivity index (χ0n) is 21.1. The minimum absolute atomic E-state index is 0.138. The van der Waals surface area contributed by atoms with Gasteiger partial charge in [-0.15, -0.1) is 0 Å². The first-order valence-corrected chi connectivity index (χ1v) is 12.1. The quantitative estimate of drug-likeness (QED) is 0.317. The Morgan fingerprint density at radius 3 is 2.69 bits per heavy atom. The lowest BCUT2D eigenvalue weighted by atomic mass is 10.0. The fraction of sp³-hybridized carbons (Fsp3) is 0.222. The van der Waals surface area contributed by atoms with Gasteiger partial charge in [-0.1, -0.05) is 6.08 Å². The number of nitriles is 1. The lowest BCUT2D eigenvalue weighted by Gasteiger charge is -2.22. The molecule has 0 saturated carbocycles. The number of hydrogen-bond donors (Lipinski definition) is 3. The summed E-state index contributed by atoms with van der Waals surface area (Å²) in [5.74, 6) is -0.214. The maximum Gasteiger partial charge on any atom is 0.255 e. The Hall–Kier alpha value is -5.02. The van der Waals surface area contributed by atoms with E-state index in [1.54, 1.807) is 35.1 Å². The smallest absolute Gasteiger partial charge is 0.255 e. The molecule has 1 aliphatic heterocycles. The van der Waals surface area contributed by atoms with Gasteiger partial charge in [0.05, 0.1) is 76.7 Å². The number of allylic oxidation sites excluding steroid dienone is 1. The number of nitrogens with zero attached hydrogens (tertiary/aromatic N) is 7. The summed E-state index contributed by atoms with van der Waals surface area (Å²) in [6.45, 7) is 2.88. The molecule has 0 aliphatic carbocycles. The van der Waals surface area contributed by atoms with Crippen LogP contribution < -0.4 is 10.6 Å². The third-order valence-electron chi connectivity index (χ3n) is 6.11. The van der Waals surface area contributed by atoms with Gasteiger partial charge in [-0.25, -0.2) is 13.9 Å². The van der Waals surface area contributed by atoms with E-state index in [1.165, 1.54) is 32.4 Å².